The minimum Gasteiger partial charge on any atom is -0.465 e. The molecule has 33 heavy (non-hydrogen) atoms. The number of ether oxygens (including phenoxy) is 1. The van der Waals surface area contributed by atoms with E-state index in [1.165, 1.54) is 26.4 Å². The lowest BCUT2D eigenvalue weighted by Gasteiger charge is -2.36. The van der Waals surface area contributed by atoms with Gasteiger partial charge >= 0.3 is 5.97 Å². The first kappa shape index (κ1) is 21.6. The molecule has 170 valence electrons. The molecule has 6 nitrogen and oxygen atoms in total. The molecule has 1 aromatic carbocycles. The third kappa shape index (κ3) is 4.13. The Bertz CT molecular complexity index is 1140. The lowest BCUT2D eigenvalue weighted by molar-refractivity contribution is 0.0601. The highest BCUT2D eigenvalue weighted by atomic mass is 32.1. The van der Waals surface area contributed by atoms with Crippen molar-refractivity contribution in [3.63, 3.8) is 0 Å². The minimum atomic E-state index is -0.387. The lowest BCUT2D eigenvalue weighted by Crippen LogP contribution is -2.40. The molecular formula is C26H27N3O3S. The van der Waals surface area contributed by atoms with Crippen molar-refractivity contribution in [3.05, 3.63) is 77.8 Å². The highest BCUT2D eigenvalue weighted by Crippen LogP contribution is 2.43. The summed E-state index contributed by atoms with van der Waals surface area (Å²) < 4.78 is 11.4. The number of pyridine rings is 1. The maximum Gasteiger partial charge on any atom is 0.338 e. The number of methoxy groups -OCH3 is 1. The summed E-state index contributed by atoms with van der Waals surface area (Å²) in [6.45, 7) is 0. The van der Waals surface area contributed by atoms with Crippen LogP contribution in [0.5, 0.6) is 0 Å². The number of aromatic nitrogens is 1. The molecule has 1 N–H and O–H groups in total. The Balaban J connectivity index is 1.55. The van der Waals surface area contributed by atoms with E-state index in [9.17, 15) is 4.79 Å². The van der Waals surface area contributed by atoms with Gasteiger partial charge in [0.1, 0.15) is 17.6 Å². The van der Waals surface area contributed by atoms with Crippen molar-refractivity contribution in [2.24, 2.45) is 0 Å². The molecule has 2 fully saturated rings. The number of furan rings is 1. The Hall–Kier alpha value is -3.19. The molecule has 2 aromatic heterocycles. The number of carbonyl (C=O) groups excluding carboxylic acids is 1. The third-order valence-electron chi connectivity index (χ3n) is 6.62. The smallest absolute Gasteiger partial charge is 0.338 e. The Morgan fingerprint density at radius 2 is 1.88 bits per heavy atom. The number of carbonyl (C=O) groups is 1. The zero-order valence-corrected chi connectivity index (χ0v) is 19.4. The van der Waals surface area contributed by atoms with Gasteiger partial charge in [-0.25, -0.2) is 4.79 Å². The second-order valence-electron chi connectivity index (χ2n) is 8.56. The van der Waals surface area contributed by atoms with Gasteiger partial charge in [0.05, 0.1) is 24.4 Å². The van der Waals surface area contributed by atoms with Crippen molar-refractivity contribution >= 4 is 23.3 Å². The first-order chi connectivity index (χ1) is 16.2. The maximum absolute atomic E-state index is 12.3. The summed E-state index contributed by atoms with van der Waals surface area (Å²) in [6, 6.07) is 17.3. The van der Waals surface area contributed by atoms with Gasteiger partial charge in [-0.3, -0.25) is 4.98 Å². The number of rotatable bonds is 5. The second-order valence-corrected chi connectivity index (χ2v) is 8.95. The number of esters is 1. The van der Waals surface area contributed by atoms with Gasteiger partial charge in [-0.15, -0.1) is 0 Å². The van der Waals surface area contributed by atoms with Crippen LogP contribution in [-0.2, 0) is 4.74 Å². The van der Waals surface area contributed by atoms with Crippen LogP contribution >= 0.6 is 12.2 Å². The fourth-order valence-corrected chi connectivity index (χ4v) is 5.45. The minimum absolute atomic E-state index is 0.115. The second kappa shape index (κ2) is 9.35. The van der Waals surface area contributed by atoms with Crippen LogP contribution in [0, 0.1) is 0 Å². The van der Waals surface area contributed by atoms with Gasteiger partial charge in [-0.2, -0.15) is 0 Å². The Morgan fingerprint density at radius 3 is 2.64 bits per heavy atom. The van der Waals surface area contributed by atoms with Crippen LogP contribution in [0.4, 0.5) is 0 Å². The highest BCUT2D eigenvalue weighted by Gasteiger charge is 2.44. The molecule has 2 aliphatic rings. The van der Waals surface area contributed by atoms with Gasteiger partial charge < -0.3 is 19.4 Å². The van der Waals surface area contributed by atoms with Crippen molar-refractivity contribution in [1.29, 1.82) is 0 Å². The van der Waals surface area contributed by atoms with Gasteiger partial charge in [0.2, 0.25) is 0 Å². The van der Waals surface area contributed by atoms with Crippen molar-refractivity contribution in [2.75, 3.05) is 7.11 Å². The van der Waals surface area contributed by atoms with E-state index in [1.807, 2.05) is 48.5 Å². The van der Waals surface area contributed by atoms with Crippen molar-refractivity contribution in [1.82, 2.24) is 15.2 Å². The van der Waals surface area contributed by atoms with E-state index in [0.29, 0.717) is 22.9 Å². The predicted molar refractivity (Wildman–Crippen MR) is 130 cm³/mol. The monoisotopic (exact) mass is 461 g/mol. The van der Waals surface area contributed by atoms with Crippen LogP contribution in [0.1, 0.15) is 66.0 Å². The summed E-state index contributed by atoms with van der Waals surface area (Å²) in [5.74, 6) is 1.05. The van der Waals surface area contributed by atoms with Gasteiger partial charge in [-0.1, -0.05) is 43.5 Å². The average molecular weight is 462 g/mol. The molecule has 5 rings (SSSR count). The molecule has 0 amide bonds. The standard InChI is InChI=1S/C26H27N3O3S/c1-31-25(30)19-12-6-5-11-18(19)21-14-15-22(32-21)24-23(20-13-7-8-16-27-20)28-26(33)29(24)17-9-3-2-4-10-17/h5-8,11-17,23-24H,2-4,9-10H2,1H3,(H,28,33)/t23-,24-/m1/s1. The predicted octanol–water partition coefficient (Wildman–Crippen LogP) is 5.43. The molecule has 3 aromatic rings. The Morgan fingerprint density at radius 1 is 1.09 bits per heavy atom. The summed E-state index contributed by atoms with van der Waals surface area (Å²) in [5.41, 5.74) is 2.12. The van der Waals surface area contributed by atoms with Gasteiger partial charge in [0, 0.05) is 17.8 Å². The Kier molecular flexibility index (Phi) is 6.13. The summed E-state index contributed by atoms with van der Waals surface area (Å²) in [4.78, 5) is 19.2. The van der Waals surface area contributed by atoms with Crippen LogP contribution in [0.15, 0.2) is 65.2 Å². The Labute approximate surface area is 199 Å². The zero-order valence-electron chi connectivity index (χ0n) is 18.6. The largest absolute Gasteiger partial charge is 0.465 e. The topological polar surface area (TPSA) is 67.6 Å². The van der Waals surface area contributed by atoms with Gasteiger partial charge in [0.15, 0.2) is 5.11 Å². The van der Waals surface area contributed by atoms with Crippen LogP contribution < -0.4 is 5.32 Å². The number of hydrogen-bond acceptors (Lipinski definition) is 5. The summed E-state index contributed by atoms with van der Waals surface area (Å²) in [5, 5.41) is 4.26. The van der Waals surface area contributed by atoms with E-state index in [4.69, 9.17) is 21.4 Å². The number of nitrogens with one attached hydrogen (secondary N) is 1. The van der Waals surface area contributed by atoms with Crippen LogP contribution in [-0.4, -0.2) is 34.1 Å². The van der Waals surface area contributed by atoms with Crippen LogP contribution in [0.25, 0.3) is 11.3 Å². The van der Waals surface area contributed by atoms with Crippen molar-refractivity contribution in [3.8, 4) is 11.3 Å². The molecule has 0 radical (unpaired) electrons. The van der Waals surface area contributed by atoms with E-state index >= 15 is 0 Å². The maximum atomic E-state index is 12.3. The molecule has 1 saturated heterocycles. The molecule has 1 aliphatic heterocycles. The average Bonchev–Trinajstić information content (AvgIpc) is 3.49. The summed E-state index contributed by atoms with van der Waals surface area (Å²) in [6.07, 6.45) is 7.73. The molecule has 0 bridgehead atoms. The quantitative estimate of drug-likeness (QED) is 0.401. The molecule has 0 unspecified atom stereocenters. The highest BCUT2D eigenvalue weighted by molar-refractivity contribution is 7.80. The molecule has 0 spiro atoms. The molecule has 7 heteroatoms. The third-order valence-corrected chi connectivity index (χ3v) is 6.95. The van der Waals surface area contributed by atoms with E-state index < -0.39 is 0 Å². The number of hydrogen-bond donors (Lipinski definition) is 1. The SMILES string of the molecule is COC(=O)c1ccccc1-c1ccc([C@@H]2[C@@H](c3ccccn3)NC(=S)N2C2CCCCC2)o1. The van der Waals surface area contributed by atoms with Crippen LogP contribution in [0.3, 0.4) is 0 Å². The number of benzene rings is 1. The molecule has 3 heterocycles. The van der Waals surface area contributed by atoms with E-state index in [0.717, 1.165) is 29.4 Å². The van der Waals surface area contributed by atoms with Crippen molar-refractivity contribution in [2.45, 2.75) is 50.2 Å². The van der Waals surface area contributed by atoms with E-state index in [-0.39, 0.29) is 18.1 Å². The fourth-order valence-electron chi connectivity index (χ4n) is 5.07. The van der Waals surface area contributed by atoms with E-state index in [1.54, 1.807) is 12.3 Å². The normalized spacial score (nSPS) is 21.1. The number of nitrogens with zero attached hydrogens (tertiary/aromatic N) is 2. The number of thiocarbonyl (C=S) groups is 1. The van der Waals surface area contributed by atoms with Crippen LogP contribution in [0.2, 0.25) is 0 Å². The first-order valence-electron chi connectivity index (χ1n) is 11.4. The molecule has 1 saturated carbocycles. The molecule has 1 aliphatic carbocycles. The zero-order chi connectivity index (χ0) is 22.8. The van der Waals surface area contributed by atoms with Gasteiger partial charge in [0.25, 0.3) is 0 Å². The fraction of sp³-hybridized carbons (Fsp3) is 0.346. The molecule has 2 atom stereocenters. The molecular weight excluding hydrogens is 434 g/mol. The van der Waals surface area contributed by atoms with E-state index in [2.05, 4.69) is 15.2 Å². The lowest BCUT2D eigenvalue weighted by atomic mass is 9.92. The first-order valence-corrected chi connectivity index (χ1v) is 11.9. The van der Waals surface area contributed by atoms with Crippen molar-refractivity contribution < 1.29 is 13.9 Å². The summed E-state index contributed by atoms with van der Waals surface area (Å²) >= 11 is 5.83. The summed E-state index contributed by atoms with van der Waals surface area (Å²) in [7, 11) is 1.39. The van der Waals surface area contributed by atoms with Gasteiger partial charge in [-0.05, 0) is 55.4 Å².